The number of carbonyl (C=O) groups excluding carboxylic acids is 2. The smallest absolute Gasteiger partial charge is 0.251 e. The van der Waals surface area contributed by atoms with Gasteiger partial charge in [0, 0.05) is 44.5 Å². The molecule has 1 heterocycles. The highest BCUT2D eigenvalue weighted by Crippen LogP contribution is 2.28. The lowest BCUT2D eigenvalue weighted by molar-refractivity contribution is -0.115. The van der Waals surface area contributed by atoms with Crippen LogP contribution >= 0.6 is 0 Å². The number of nitrogens with two attached hydrogens (primary N) is 1. The molecule has 0 radical (unpaired) electrons. The number of rotatable bonds is 6. The van der Waals surface area contributed by atoms with E-state index in [2.05, 4.69) is 15.1 Å². The van der Waals surface area contributed by atoms with Gasteiger partial charge < -0.3 is 16.0 Å². The number of piperidine rings is 1. The molecule has 0 saturated carbocycles. The van der Waals surface area contributed by atoms with E-state index in [-0.39, 0.29) is 5.91 Å². The van der Waals surface area contributed by atoms with Gasteiger partial charge in [-0.05, 0) is 37.5 Å². The van der Waals surface area contributed by atoms with Crippen molar-refractivity contribution in [3.63, 3.8) is 0 Å². The number of likely N-dealkylation sites (tertiary alicyclic amines) is 1. The Morgan fingerprint density at radius 2 is 1.96 bits per heavy atom. The van der Waals surface area contributed by atoms with Gasteiger partial charge in [-0.15, -0.1) is 0 Å². The largest absolute Gasteiger partial charge is 0.361 e. The van der Waals surface area contributed by atoms with E-state index in [9.17, 15) is 9.59 Å². The molecule has 0 bridgehead atoms. The molecule has 1 aromatic rings. The van der Waals surface area contributed by atoms with E-state index in [1.807, 2.05) is 46.0 Å². The van der Waals surface area contributed by atoms with E-state index < -0.39 is 0 Å². The van der Waals surface area contributed by atoms with Gasteiger partial charge in [-0.3, -0.25) is 14.5 Å². The summed E-state index contributed by atoms with van der Waals surface area (Å²) in [4.78, 5) is 27.7. The molecule has 27 heavy (non-hydrogen) atoms. The first-order chi connectivity index (χ1) is 13.0. The van der Waals surface area contributed by atoms with Crippen molar-refractivity contribution in [1.82, 2.24) is 10.2 Å². The average Bonchev–Trinajstić information content (AvgIpc) is 2.69. The van der Waals surface area contributed by atoms with Crippen molar-refractivity contribution >= 4 is 23.5 Å². The topological polar surface area (TPSA) is 78.7 Å². The van der Waals surface area contributed by atoms with Gasteiger partial charge in [0.1, 0.15) is 6.29 Å². The van der Waals surface area contributed by atoms with Crippen LogP contribution in [0.3, 0.4) is 0 Å². The van der Waals surface area contributed by atoms with E-state index in [1.165, 1.54) is 6.08 Å². The van der Waals surface area contributed by atoms with Gasteiger partial charge in [0.15, 0.2) is 0 Å². The zero-order valence-electron chi connectivity index (χ0n) is 17.3. The van der Waals surface area contributed by atoms with E-state index in [1.54, 1.807) is 7.05 Å². The summed E-state index contributed by atoms with van der Waals surface area (Å²) in [5.74, 6) is -0.269. The van der Waals surface area contributed by atoms with Gasteiger partial charge in [0.2, 0.25) is 0 Å². The van der Waals surface area contributed by atoms with Gasteiger partial charge in [0.25, 0.3) is 5.91 Å². The van der Waals surface area contributed by atoms with Crippen LogP contribution in [0.15, 0.2) is 24.3 Å². The lowest BCUT2D eigenvalue weighted by atomic mass is 10.00. The summed E-state index contributed by atoms with van der Waals surface area (Å²) in [6.45, 7) is 8.72. The molecule has 0 aliphatic carbocycles. The van der Waals surface area contributed by atoms with Gasteiger partial charge >= 0.3 is 0 Å². The number of amides is 1. The summed E-state index contributed by atoms with van der Waals surface area (Å²) in [7, 11) is 3.57. The fraction of sp³-hybridized carbons (Fsp3) is 0.524. The molecule has 2 rings (SSSR count). The molecule has 0 unspecified atom stereocenters. The van der Waals surface area contributed by atoms with Crippen LogP contribution in [-0.4, -0.2) is 57.0 Å². The first kappa shape index (κ1) is 22.9. The van der Waals surface area contributed by atoms with E-state index in [0.717, 1.165) is 49.4 Å². The Labute approximate surface area is 163 Å². The van der Waals surface area contributed by atoms with Gasteiger partial charge in [-0.2, -0.15) is 0 Å². The zero-order chi connectivity index (χ0) is 20.4. The minimum atomic E-state index is -0.269. The molecule has 1 saturated heterocycles. The average molecular weight is 375 g/mol. The molecule has 1 aromatic carbocycles. The Bertz CT molecular complexity index is 650. The molecule has 1 fully saturated rings. The molecule has 3 N–H and O–H groups in total. The third-order valence-corrected chi connectivity index (χ3v) is 4.61. The molecule has 1 aliphatic heterocycles. The minimum absolute atomic E-state index is 0.269. The number of hydrogen-bond donors (Lipinski definition) is 2. The van der Waals surface area contributed by atoms with E-state index in [4.69, 9.17) is 5.73 Å². The van der Waals surface area contributed by atoms with Crippen LogP contribution in [-0.2, 0) is 9.59 Å². The predicted octanol–water partition coefficient (Wildman–Crippen LogP) is 2.17. The van der Waals surface area contributed by atoms with Crippen LogP contribution in [0.5, 0.6) is 0 Å². The maximum Gasteiger partial charge on any atom is 0.251 e. The molecular weight excluding hydrogens is 340 g/mol. The Morgan fingerprint density at radius 3 is 2.52 bits per heavy atom. The SMILES string of the molecule is CC.CNC(=O)/C(=C/C=O)c1ccc(C)cc1N(C)CN1CCC(N)CC1. The molecule has 150 valence electrons. The summed E-state index contributed by atoms with van der Waals surface area (Å²) in [6.07, 6.45) is 3.98. The van der Waals surface area contributed by atoms with E-state index >= 15 is 0 Å². The quantitative estimate of drug-likeness (QED) is 0.589. The number of nitrogens with one attached hydrogen (secondary N) is 1. The predicted molar refractivity (Wildman–Crippen MR) is 113 cm³/mol. The summed E-state index contributed by atoms with van der Waals surface area (Å²) >= 11 is 0. The van der Waals surface area contributed by atoms with Crippen LogP contribution in [0.1, 0.15) is 37.8 Å². The molecule has 6 heteroatoms. The minimum Gasteiger partial charge on any atom is -0.361 e. The highest BCUT2D eigenvalue weighted by molar-refractivity contribution is 6.23. The van der Waals surface area contributed by atoms with Gasteiger partial charge in [-0.1, -0.05) is 26.0 Å². The van der Waals surface area contributed by atoms with Crippen molar-refractivity contribution in [2.45, 2.75) is 39.7 Å². The van der Waals surface area contributed by atoms with Crippen LogP contribution in [0.2, 0.25) is 0 Å². The Balaban J connectivity index is 0.00000176. The number of nitrogens with zero attached hydrogens (tertiary/aromatic N) is 2. The first-order valence-corrected chi connectivity index (χ1v) is 9.64. The fourth-order valence-electron chi connectivity index (χ4n) is 3.15. The molecule has 0 atom stereocenters. The standard InChI is InChI=1S/C19H28N4O2.C2H6/c1-14-4-5-16(17(8-11-24)19(25)21-2)18(12-14)22(3)13-23-9-6-15(20)7-10-23;1-2/h4-5,8,11-12,15H,6-7,9-10,13,20H2,1-3H3,(H,21,25);1-2H3/b17-8+;. The third kappa shape index (κ3) is 6.48. The third-order valence-electron chi connectivity index (χ3n) is 4.61. The summed E-state index contributed by atoms with van der Waals surface area (Å²) in [5.41, 5.74) is 9.15. The second-order valence-corrected chi connectivity index (χ2v) is 6.61. The van der Waals surface area contributed by atoms with Crippen molar-refractivity contribution < 1.29 is 9.59 Å². The van der Waals surface area contributed by atoms with Crippen molar-refractivity contribution in [3.05, 3.63) is 35.4 Å². The van der Waals surface area contributed by atoms with Crippen molar-refractivity contribution in [2.24, 2.45) is 5.73 Å². The van der Waals surface area contributed by atoms with Crippen LogP contribution in [0, 0.1) is 6.92 Å². The van der Waals surface area contributed by atoms with Crippen molar-refractivity contribution in [3.8, 4) is 0 Å². The maximum absolute atomic E-state index is 12.2. The Hall–Kier alpha value is -2.18. The maximum atomic E-state index is 12.2. The lowest BCUT2D eigenvalue weighted by Crippen LogP contribution is -2.44. The lowest BCUT2D eigenvalue weighted by Gasteiger charge is -2.35. The monoisotopic (exact) mass is 374 g/mol. The fourth-order valence-corrected chi connectivity index (χ4v) is 3.15. The van der Waals surface area contributed by atoms with Crippen LogP contribution < -0.4 is 16.0 Å². The van der Waals surface area contributed by atoms with Gasteiger partial charge in [0.05, 0.1) is 12.2 Å². The van der Waals surface area contributed by atoms with Gasteiger partial charge in [-0.25, -0.2) is 0 Å². The number of likely N-dealkylation sites (N-methyl/N-ethyl adjacent to an activating group) is 1. The summed E-state index contributed by atoms with van der Waals surface area (Å²) in [6, 6.07) is 6.20. The second-order valence-electron chi connectivity index (χ2n) is 6.61. The number of aldehydes is 1. The Morgan fingerprint density at radius 1 is 1.33 bits per heavy atom. The summed E-state index contributed by atoms with van der Waals surface area (Å²) < 4.78 is 0. The Kier molecular flexibility index (Phi) is 9.75. The first-order valence-electron chi connectivity index (χ1n) is 9.64. The highest BCUT2D eigenvalue weighted by Gasteiger charge is 2.20. The highest BCUT2D eigenvalue weighted by atomic mass is 16.1. The number of allylic oxidation sites excluding steroid dienone is 1. The van der Waals surface area contributed by atoms with Crippen molar-refractivity contribution in [2.75, 3.05) is 38.8 Å². The number of anilines is 1. The summed E-state index contributed by atoms with van der Waals surface area (Å²) in [5, 5.41) is 2.61. The number of benzene rings is 1. The second kappa shape index (κ2) is 11.5. The zero-order valence-corrected chi connectivity index (χ0v) is 17.3. The molecule has 0 aromatic heterocycles. The number of aryl methyl sites for hydroxylation is 1. The number of carbonyl (C=O) groups is 2. The van der Waals surface area contributed by atoms with Crippen molar-refractivity contribution in [1.29, 1.82) is 0 Å². The molecule has 1 amide bonds. The van der Waals surface area contributed by atoms with Crippen LogP contribution in [0.25, 0.3) is 5.57 Å². The molecule has 1 aliphatic rings. The number of hydrogen-bond acceptors (Lipinski definition) is 5. The molecule has 0 spiro atoms. The van der Waals surface area contributed by atoms with Crippen LogP contribution in [0.4, 0.5) is 5.69 Å². The molecular formula is C21H34N4O2. The van der Waals surface area contributed by atoms with E-state index in [0.29, 0.717) is 17.9 Å². The molecule has 6 nitrogen and oxygen atoms in total. The normalized spacial score (nSPS) is 15.6.